The number of Topliss-reactive ketones (excluding diaryl/α,β-unsaturated/α-hetero) is 2. The van der Waals surface area contributed by atoms with E-state index in [0.717, 1.165) is 17.5 Å². The highest BCUT2D eigenvalue weighted by Crippen LogP contribution is 2.66. The lowest BCUT2D eigenvalue weighted by Gasteiger charge is -2.59. The van der Waals surface area contributed by atoms with Crippen molar-refractivity contribution in [2.45, 2.75) is 58.5 Å². The molecule has 3 aliphatic carbocycles. The van der Waals surface area contributed by atoms with Crippen LogP contribution in [0.5, 0.6) is 5.75 Å². The van der Waals surface area contributed by atoms with E-state index < -0.39 is 16.4 Å². The van der Waals surface area contributed by atoms with Gasteiger partial charge < -0.3 is 10.2 Å². The molecule has 1 aromatic carbocycles. The van der Waals surface area contributed by atoms with Crippen molar-refractivity contribution in [2.75, 3.05) is 0 Å². The highest BCUT2D eigenvalue weighted by molar-refractivity contribution is 5.99. The van der Waals surface area contributed by atoms with Crippen LogP contribution in [0.4, 0.5) is 0 Å². The molecule has 0 unspecified atom stereocenters. The van der Waals surface area contributed by atoms with E-state index in [0.29, 0.717) is 24.8 Å². The van der Waals surface area contributed by atoms with E-state index >= 15 is 0 Å². The molecule has 1 aromatic rings. The maximum atomic E-state index is 13.2. The number of aliphatic hydroxyl groups is 1. The van der Waals surface area contributed by atoms with E-state index in [1.54, 1.807) is 12.1 Å². The molecular weight excluding hydrogens is 304 g/mol. The molecular formula is C20H24O4. The Morgan fingerprint density at radius 2 is 1.83 bits per heavy atom. The summed E-state index contributed by atoms with van der Waals surface area (Å²) in [6.07, 6.45) is 2.72. The summed E-state index contributed by atoms with van der Waals surface area (Å²) in [7, 11) is 0. The number of phenols is 1. The maximum Gasteiger partial charge on any atom is 0.170 e. The lowest BCUT2D eigenvalue weighted by Crippen LogP contribution is -2.64. The van der Waals surface area contributed by atoms with Crippen LogP contribution in [0, 0.1) is 23.7 Å². The Hall–Kier alpha value is -1.68. The van der Waals surface area contributed by atoms with Crippen molar-refractivity contribution in [3.05, 3.63) is 28.8 Å². The number of aryl methyl sites for hydroxylation is 2. The molecule has 2 fully saturated rings. The molecule has 0 spiro atoms. The number of hydrogen-bond donors (Lipinski definition) is 2. The van der Waals surface area contributed by atoms with Crippen LogP contribution in [0.1, 0.15) is 56.2 Å². The fourth-order valence-electron chi connectivity index (χ4n) is 6.08. The van der Waals surface area contributed by atoms with E-state index in [1.807, 2.05) is 20.8 Å². The Kier molecular flexibility index (Phi) is 2.96. The highest BCUT2D eigenvalue weighted by atomic mass is 16.3. The average molecular weight is 328 g/mol. The molecule has 4 nitrogen and oxygen atoms in total. The monoisotopic (exact) mass is 328 g/mol. The van der Waals surface area contributed by atoms with Gasteiger partial charge in [-0.05, 0) is 60.9 Å². The third-order valence-corrected chi connectivity index (χ3v) is 7.27. The molecule has 0 aliphatic heterocycles. The first-order valence-electron chi connectivity index (χ1n) is 8.76. The molecule has 2 saturated carbocycles. The molecule has 0 aromatic heterocycles. The van der Waals surface area contributed by atoms with E-state index in [-0.39, 0.29) is 29.7 Å². The van der Waals surface area contributed by atoms with Gasteiger partial charge in [0.1, 0.15) is 11.5 Å². The predicted octanol–water partition coefficient (Wildman–Crippen LogP) is 2.80. The van der Waals surface area contributed by atoms with E-state index in [1.165, 1.54) is 0 Å². The summed E-state index contributed by atoms with van der Waals surface area (Å²) in [6.45, 7) is 5.74. The molecule has 4 rings (SSSR count). The van der Waals surface area contributed by atoms with Crippen molar-refractivity contribution in [1.29, 1.82) is 0 Å². The summed E-state index contributed by atoms with van der Waals surface area (Å²) in [5, 5.41) is 21.6. The first-order chi connectivity index (χ1) is 11.1. The van der Waals surface area contributed by atoms with Crippen LogP contribution < -0.4 is 0 Å². The lowest BCUT2D eigenvalue weighted by atomic mass is 9.45. The number of hydrogen-bond acceptors (Lipinski definition) is 4. The molecule has 128 valence electrons. The number of rotatable bonds is 0. The molecule has 4 heteroatoms. The minimum absolute atomic E-state index is 0.0153. The van der Waals surface area contributed by atoms with Gasteiger partial charge in [-0.15, -0.1) is 0 Å². The van der Waals surface area contributed by atoms with Gasteiger partial charge in [0.05, 0.1) is 0 Å². The minimum Gasteiger partial charge on any atom is -0.508 e. The first-order valence-corrected chi connectivity index (χ1v) is 8.76. The fourth-order valence-corrected chi connectivity index (χ4v) is 6.08. The maximum absolute atomic E-state index is 13.2. The molecule has 0 radical (unpaired) electrons. The number of carbonyl (C=O) groups is 2. The van der Waals surface area contributed by atoms with Crippen molar-refractivity contribution in [1.82, 2.24) is 0 Å². The summed E-state index contributed by atoms with van der Waals surface area (Å²) >= 11 is 0. The summed E-state index contributed by atoms with van der Waals surface area (Å²) in [5.41, 5.74) is -0.570. The predicted molar refractivity (Wildman–Crippen MR) is 88.6 cm³/mol. The minimum atomic E-state index is -1.56. The van der Waals surface area contributed by atoms with Gasteiger partial charge in [0.15, 0.2) is 11.4 Å². The first kappa shape index (κ1) is 15.8. The Bertz CT molecular complexity index is 782. The Morgan fingerprint density at radius 3 is 2.54 bits per heavy atom. The Morgan fingerprint density at radius 1 is 1.12 bits per heavy atom. The van der Waals surface area contributed by atoms with Gasteiger partial charge in [0, 0.05) is 23.7 Å². The van der Waals surface area contributed by atoms with Gasteiger partial charge in [-0.1, -0.05) is 13.8 Å². The largest absolute Gasteiger partial charge is 0.508 e. The quantitative estimate of drug-likeness (QED) is 0.768. The van der Waals surface area contributed by atoms with E-state index in [9.17, 15) is 19.8 Å². The van der Waals surface area contributed by atoms with Crippen LogP contribution >= 0.6 is 0 Å². The van der Waals surface area contributed by atoms with Gasteiger partial charge >= 0.3 is 0 Å². The topological polar surface area (TPSA) is 74.6 Å². The van der Waals surface area contributed by atoms with Crippen LogP contribution in [-0.4, -0.2) is 21.8 Å². The second kappa shape index (κ2) is 4.48. The summed E-state index contributed by atoms with van der Waals surface area (Å²) in [4.78, 5) is 25.7. The van der Waals surface area contributed by atoms with Gasteiger partial charge in [-0.2, -0.15) is 0 Å². The molecule has 2 N–H and O–H groups in total. The van der Waals surface area contributed by atoms with Gasteiger partial charge in [-0.3, -0.25) is 9.59 Å². The fraction of sp³-hybridized carbons (Fsp3) is 0.600. The van der Waals surface area contributed by atoms with Crippen molar-refractivity contribution < 1.29 is 19.8 Å². The summed E-state index contributed by atoms with van der Waals surface area (Å²) < 4.78 is 0. The highest BCUT2D eigenvalue weighted by Gasteiger charge is 2.69. The number of aromatic hydroxyl groups is 1. The third-order valence-electron chi connectivity index (χ3n) is 7.27. The molecule has 24 heavy (non-hydrogen) atoms. The summed E-state index contributed by atoms with van der Waals surface area (Å²) in [5.74, 6) is 0.107. The summed E-state index contributed by atoms with van der Waals surface area (Å²) in [6, 6.07) is 3.28. The van der Waals surface area contributed by atoms with Crippen LogP contribution in [0.2, 0.25) is 0 Å². The Labute approximate surface area is 141 Å². The van der Waals surface area contributed by atoms with Gasteiger partial charge in [0.2, 0.25) is 0 Å². The number of carbonyl (C=O) groups excluding carboxylic acids is 2. The molecule has 0 bridgehead atoms. The van der Waals surface area contributed by atoms with Crippen LogP contribution in [0.25, 0.3) is 0 Å². The van der Waals surface area contributed by atoms with Crippen LogP contribution in [0.15, 0.2) is 12.1 Å². The molecule has 0 saturated heterocycles. The molecule has 4 atom stereocenters. The number of fused-ring (bicyclic) bond motifs is 5. The van der Waals surface area contributed by atoms with Crippen LogP contribution in [0.3, 0.4) is 0 Å². The van der Waals surface area contributed by atoms with E-state index in [4.69, 9.17) is 0 Å². The second-order valence-corrected chi connectivity index (χ2v) is 8.46. The van der Waals surface area contributed by atoms with Gasteiger partial charge in [-0.25, -0.2) is 0 Å². The lowest BCUT2D eigenvalue weighted by molar-refractivity contribution is -0.193. The normalized spacial score (nSPS) is 40.9. The zero-order valence-electron chi connectivity index (χ0n) is 14.5. The van der Waals surface area contributed by atoms with Gasteiger partial charge in [0.25, 0.3) is 0 Å². The standard InChI is InChI=1S/C20H24O4/c1-11-8-13(21)9-12-6-7-19(3)14-4-5-15(22)18(14,2)10-16(23)20(19,24)17(11)12/h8-9,14,21,24H,4-7,10H2,1-3H3/t14-,18+,19+,20-/m1/s1. The Balaban J connectivity index is 1.98. The number of phenolic OH excluding ortho intramolecular Hbond substituents is 1. The smallest absolute Gasteiger partial charge is 0.170 e. The van der Waals surface area contributed by atoms with Crippen molar-refractivity contribution in [3.8, 4) is 5.75 Å². The van der Waals surface area contributed by atoms with Crippen molar-refractivity contribution in [3.63, 3.8) is 0 Å². The van der Waals surface area contributed by atoms with Crippen molar-refractivity contribution in [2.24, 2.45) is 16.7 Å². The SMILES string of the molecule is Cc1cc(O)cc2c1[C@]1(O)C(=O)C[C@]3(C)C(=O)CC[C@H]3[C@]1(C)CC2. The van der Waals surface area contributed by atoms with Crippen LogP contribution in [-0.2, 0) is 21.6 Å². The number of ketones is 2. The average Bonchev–Trinajstić information content (AvgIpc) is 2.78. The van der Waals surface area contributed by atoms with E-state index in [2.05, 4.69) is 0 Å². The van der Waals surface area contributed by atoms with Crippen molar-refractivity contribution >= 4 is 11.6 Å². The molecule has 0 amide bonds. The molecule has 0 heterocycles. The number of benzene rings is 1. The zero-order valence-corrected chi connectivity index (χ0v) is 14.5. The third kappa shape index (κ3) is 1.58. The second-order valence-electron chi connectivity index (χ2n) is 8.46. The molecule has 3 aliphatic rings. The zero-order chi connectivity index (χ0) is 17.5.